The Bertz CT molecular complexity index is 1240. The Morgan fingerprint density at radius 1 is 1.17 bits per heavy atom. The molecule has 0 amide bonds. The van der Waals surface area contributed by atoms with Gasteiger partial charge in [-0.2, -0.15) is 5.10 Å². The number of halogens is 1. The Hall–Kier alpha value is -3.78. The molecule has 36 heavy (non-hydrogen) atoms. The van der Waals surface area contributed by atoms with Gasteiger partial charge >= 0.3 is 0 Å². The van der Waals surface area contributed by atoms with E-state index in [1.165, 1.54) is 6.07 Å². The molecule has 3 aromatic carbocycles. The molecular formula is C28H31FN4O3. The van der Waals surface area contributed by atoms with Crippen LogP contribution in [0.1, 0.15) is 30.5 Å². The van der Waals surface area contributed by atoms with Gasteiger partial charge in [0, 0.05) is 37.6 Å². The van der Waals surface area contributed by atoms with Crippen molar-refractivity contribution in [3.63, 3.8) is 0 Å². The van der Waals surface area contributed by atoms with E-state index in [4.69, 9.17) is 9.47 Å². The van der Waals surface area contributed by atoms with Crippen LogP contribution in [0.15, 0.2) is 59.7 Å². The Balaban J connectivity index is 1.49. The molecule has 8 heteroatoms. The van der Waals surface area contributed by atoms with Crippen LogP contribution in [0.5, 0.6) is 17.2 Å². The van der Waals surface area contributed by atoms with E-state index in [2.05, 4.69) is 34.0 Å². The molecule has 0 aliphatic carbocycles. The molecule has 7 nitrogen and oxygen atoms in total. The van der Waals surface area contributed by atoms with Crippen molar-refractivity contribution >= 4 is 23.8 Å². The maximum atomic E-state index is 15.3. The highest BCUT2D eigenvalue weighted by Gasteiger charge is 2.32. The van der Waals surface area contributed by atoms with E-state index in [9.17, 15) is 5.11 Å². The first kappa shape index (κ1) is 23.9. The molecule has 1 saturated heterocycles. The quantitative estimate of drug-likeness (QED) is 0.316. The molecule has 0 unspecified atom stereocenters. The SMILES string of the molecule is C=NNc1cc2c(cc1C)N(c1ccc(OC3CN(CCC)C3)c(F)c1)[C@H](c1ccc(O)cc1)CO2. The molecular weight excluding hydrogens is 459 g/mol. The van der Waals surface area contributed by atoms with Gasteiger partial charge in [-0.1, -0.05) is 19.1 Å². The minimum Gasteiger partial charge on any atom is -0.508 e. The zero-order valence-corrected chi connectivity index (χ0v) is 20.6. The lowest BCUT2D eigenvalue weighted by Crippen LogP contribution is -2.53. The number of benzene rings is 3. The molecule has 2 aliphatic heterocycles. The van der Waals surface area contributed by atoms with Crippen LogP contribution in [-0.4, -0.2) is 49.1 Å². The maximum Gasteiger partial charge on any atom is 0.167 e. The number of likely N-dealkylation sites (tertiary alicyclic amines) is 1. The topological polar surface area (TPSA) is 69.6 Å². The second kappa shape index (κ2) is 10.1. The van der Waals surface area contributed by atoms with Crippen LogP contribution in [0.25, 0.3) is 0 Å². The first-order valence-electron chi connectivity index (χ1n) is 12.2. The number of nitrogens with zero attached hydrogens (tertiary/aromatic N) is 3. The summed E-state index contributed by atoms with van der Waals surface area (Å²) >= 11 is 0. The summed E-state index contributed by atoms with van der Waals surface area (Å²) in [5.74, 6) is 0.715. The lowest BCUT2D eigenvalue weighted by Gasteiger charge is -2.40. The van der Waals surface area contributed by atoms with Crippen molar-refractivity contribution in [2.24, 2.45) is 5.10 Å². The van der Waals surface area contributed by atoms with Crippen LogP contribution in [0.3, 0.4) is 0 Å². The number of phenols is 1. The predicted octanol–water partition coefficient (Wildman–Crippen LogP) is 5.61. The molecule has 188 valence electrons. The summed E-state index contributed by atoms with van der Waals surface area (Å²) in [5.41, 5.74) is 7.07. The Morgan fingerprint density at radius 2 is 1.94 bits per heavy atom. The zero-order chi connectivity index (χ0) is 25.2. The Labute approximate surface area is 210 Å². The van der Waals surface area contributed by atoms with Crippen molar-refractivity contribution < 1.29 is 19.0 Å². The minimum atomic E-state index is -0.398. The van der Waals surface area contributed by atoms with Gasteiger partial charge in [0.05, 0.1) is 17.4 Å². The molecule has 1 atom stereocenters. The summed E-state index contributed by atoms with van der Waals surface area (Å²) in [6.07, 6.45) is 1.11. The minimum absolute atomic E-state index is 0.0118. The molecule has 0 bridgehead atoms. The Morgan fingerprint density at radius 3 is 2.64 bits per heavy atom. The number of rotatable bonds is 8. The molecule has 0 spiro atoms. The van der Waals surface area contributed by atoms with Crippen molar-refractivity contribution in [1.29, 1.82) is 0 Å². The number of hydrogen-bond donors (Lipinski definition) is 2. The number of fused-ring (bicyclic) bond motifs is 1. The monoisotopic (exact) mass is 490 g/mol. The maximum absolute atomic E-state index is 15.3. The lowest BCUT2D eigenvalue weighted by atomic mass is 10.0. The van der Waals surface area contributed by atoms with Gasteiger partial charge in [0.1, 0.15) is 24.2 Å². The summed E-state index contributed by atoms with van der Waals surface area (Å²) in [4.78, 5) is 4.37. The molecule has 1 fully saturated rings. The third-order valence-electron chi connectivity index (χ3n) is 6.70. The number of hydrogen-bond acceptors (Lipinski definition) is 7. The summed E-state index contributed by atoms with van der Waals surface area (Å²) in [6.45, 7) is 10.6. The van der Waals surface area contributed by atoms with E-state index < -0.39 is 5.82 Å². The van der Waals surface area contributed by atoms with E-state index >= 15 is 4.39 Å². The largest absolute Gasteiger partial charge is 0.508 e. The second-order valence-electron chi connectivity index (χ2n) is 9.31. The highest BCUT2D eigenvalue weighted by atomic mass is 19.1. The molecule has 5 rings (SSSR count). The van der Waals surface area contributed by atoms with Crippen LogP contribution in [-0.2, 0) is 0 Å². The fourth-order valence-electron chi connectivity index (χ4n) is 4.86. The van der Waals surface area contributed by atoms with E-state index in [-0.39, 0.29) is 23.6 Å². The van der Waals surface area contributed by atoms with Crippen LogP contribution < -0.4 is 19.8 Å². The lowest BCUT2D eigenvalue weighted by molar-refractivity contribution is 0.0179. The van der Waals surface area contributed by atoms with Gasteiger partial charge in [-0.3, -0.25) is 10.3 Å². The normalized spacial score (nSPS) is 17.6. The van der Waals surface area contributed by atoms with E-state index in [1.807, 2.05) is 37.3 Å². The number of aryl methyl sites for hydroxylation is 1. The van der Waals surface area contributed by atoms with Gasteiger partial charge < -0.3 is 19.5 Å². The fourth-order valence-corrected chi connectivity index (χ4v) is 4.86. The van der Waals surface area contributed by atoms with E-state index in [1.54, 1.807) is 18.2 Å². The predicted molar refractivity (Wildman–Crippen MR) is 140 cm³/mol. The van der Waals surface area contributed by atoms with Crippen molar-refractivity contribution in [3.8, 4) is 17.2 Å². The Kier molecular flexibility index (Phi) is 6.69. The molecule has 0 radical (unpaired) electrons. The second-order valence-corrected chi connectivity index (χ2v) is 9.31. The summed E-state index contributed by atoms with van der Waals surface area (Å²) in [6, 6.07) is 15.8. The first-order valence-corrected chi connectivity index (χ1v) is 12.2. The molecule has 2 aliphatic rings. The molecule has 2 N–H and O–H groups in total. The van der Waals surface area contributed by atoms with Crippen LogP contribution in [0, 0.1) is 12.7 Å². The van der Waals surface area contributed by atoms with Gasteiger partial charge in [-0.25, -0.2) is 4.39 Å². The zero-order valence-electron chi connectivity index (χ0n) is 20.6. The molecule has 2 heterocycles. The van der Waals surface area contributed by atoms with Gasteiger partial charge in [0.25, 0.3) is 0 Å². The van der Waals surface area contributed by atoms with E-state index in [0.29, 0.717) is 18.0 Å². The van der Waals surface area contributed by atoms with Gasteiger partial charge in [0.15, 0.2) is 11.6 Å². The fraction of sp³-hybridized carbons (Fsp3) is 0.321. The average Bonchev–Trinajstić information content (AvgIpc) is 2.84. The van der Waals surface area contributed by atoms with Crippen molar-refractivity contribution in [3.05, 3.63) is 71.5 Å². The van der Waals surface area contributed by atoms with E-state index in [0.717, 1.165) is 48.6 Å². The highest BCUT2D eigenvalue weighted by Crippen LogP contribution is 2.47. The van der Waals surface area contributed by atoms with Crippen molar-refractivity contribution in [2.75, 3.05) is 36.6 Å². The number of phenolic OH excluding ortho intramolecular Hbond substituents is 1. The van der Waals surface area contributed by atoms with Crippen LogP contribution in [0.4, 0.5) is 21.5 Å². The van der Waals surface area contributed by atoms with Gasteiger partial charge in [0.2, 0.25) is 0 Å². The number of nitrogens with one attached hydrogen (secondary N) is 1. The first-order chi connectivity index (χ1) is 17.5. The average molecular weight is 491 g/mol. The van der Waals surface area contributed by atoms with Crippen molar-refractivity contribution in [1.82, 2.24) is 4.90 Å². The number of ether oxygens (including phenoxy) is 2. The van der Waals surface area contributed by atoms with Crippen LogP contribution in [0.2, 0.25) is 0 Å². The standard InChI is InChI=1S/C28H31FN4O3/c1-4-11-32-15-22(16-32)36-27-10-7-20(13-23(27)29)33-25-12-18(2)24(31-30-3)14-28(25)35-17-26(33)19-5-8-21(34)9-6-19/h5-10,12-14,22,26,31,34H,3-4,11,15-17H2,1-2H3/t26-/m0/s1. The van der Waals surface area contributed by atoms with Crippen LogP contribution >= 0.6 is 0 Å². The third kappa shape index (κ3) is 4.68. The van der Waals surface area contributed by atoms with Gasteiger partial charge in [-0.15, -0.1) is 0 Å². The smallest absolute Gasteiger partial charge is 0.167 e. The number of anilines is 3. The highest BCUT2D eigenvalue weighted by molar-refractivity contribution is 5.77. The van der Waals surface area contributed by atoms with Crippen molar-refractivity contribution in [2.45, 2.75) is 32.4 Å². The summed E-state index contributed by atoms with van der Waals surface area (Å²) in [7, 11) is 0. The number of hydrazone groups is 1. The summed E-state index contributed by atoms with van der Waals surface area (Å²) in [5, 5.41) is 13.6. The molecule has 0 aromatic heterocycles. The summed E-state index contributed by atoms with van der Waals surface area (Å²) < 4.78 is 27.4. The van der Waals surface area contributed by atoms with Gasteiger partial charge in [-0.05, 0) is 61.3 Å². The number of aromatic hydroxyl groups is 1. The molecule has 3 aromatic rings. The third-order valence-corrected chi connectivity index (χ3v) is 6.70. The molecule has 0 saturated carbocycles.